The zero-order valence-corrected chi connectivity index (χ0v) is 6.24. The van der Waals surface area contributed by atoms with Crippen molar-refractivity contribution in [3.05, 3.63) is 0 Å². The highest BCUT2D eigenvalue weighted by atomic mass is 19.4. The van der Waals surface area contributed by atoms with Crippen LogP contribution in [-0.2, 0) is 4.79 Å². The van der Waals surface area contributed by atoms with Gasteiger partial charge in [0, 0.05) is 0 Å². The molecule has 1 aliphatic rings. The molecule has 0 aliphatic heterocycles. The monoisotopic (exact) mass is 182 g/mol. The van der Waals surface area contributed by atoms with Crippen LogP contribution in [0.1, 0.15) is 12.8 Å². The van der Waals surface area contributed by atoms with Crippen molar-refractivity contribution >= 4 is 5.91 Å². The predicted octanol–water partition coefficient (Wildman–Crippen LogP) is 0.156. The summed E-state index contributed by atoms with van der Waals surface area (Å²) in [5, 5.41) is 1.87. The molecule has 0 atom stereocenters. The van der Waals surface area contributed by atoms with Crippen molar-refractivity contribution in [2.75, 3.05) is 6.54 Å². The van der Waals surface area contributed by atoms with Gasteiger partial charge in [-0.3, -0.25) is 4.79 Å². The number of carbonyl (C=O) groups excluding carboxylic acids is 1. The quantitative estimate of drug-likeness (QED) is 0.639. The number of alkyl halides is 3. The number of hydrogen-bond donors (Lipinski definition) is 2. The van der Waals surface area contributed by atoms with Crippen LogP contribution in [0.3, 0.4) is 0 Å². The van der Waals surface area contributed by atoms with Gasteiger partial charge in [-0.05, 0) is 12.8 Å². The van der Waals surface area contributed by atoms with E-state index in [-0.39, 0.29) is 12.8 Å². The van der Waals surface area contributed by atoms with E-state index in [1.54, 1.807) is 0 Å². The summed E-state index contributed by atoms with van der Waals surface area (Å²) in [6, 6.07) is 0. The van der Waals surface area contributed by atoms with Gasteiger partial charge in [-0.1, -0.05) is 0 Å². The Kier molecular flexibility index (Phi) is 2.03. The third kappa shape index (κ3) is 1.52. The van der Waals surface area contributed by atoms with E-state index in [1.165, 1.54) is 0 Å². The van der Waals surface area contributed by atoms with E-state index in [4.69, 9.17) is 5.73 Å². The van der Waals surface area contributed by atoms with Crippen LogP contribution >= 0.6 is 0 Å². The molecule has 0 aromatic carbocycles. The molecule has 1 saturated carbocycles. The van der Waals surface area contributed by atoms with Crippen molar-refractivity contribution in [1.29, 1.82) is 0 Å². The van der Waals surface area contributed by atoms with Gasteiger partial charge in [-0.2, -0.15) is 13.2 Å². The minimum absolute atomic E-state index is 0.0394. The Balaban J connectivity index is 2.56. The second-order valence-corrected chi connectivity index (χ2v) is 2.83. The van der Waals surface area contributed by atoms with Gasteiger partial charge in [-0.15, -0.1) is 0 Å². The molecule has 0 unspecified atom stereocenters. The first-order chi connectivity index (χ1) is 5.41. The lowest BCUT2D eigenvalue weighted by atomic mass is 10.2. The van der Waals surface area contributed by atoms with Crippen LogP contribution < -0.4 is 11.1 Å². The highest BCUT2D eigenvalue weighted by Gasteiger charge is 2.64. The number of rotatable bonds is 2. The summed E-state index contributed by atoms with van der Waals surface area (Å²) in [6.07, 6.45) is -4.43. The Morgan fingerprint density at radius 3 is 2.25 bits per heavy atom. The van der Waals surface area contributed by atoms with Crippen LogP contribution in [-0.4, -0.2) is 24.2 Å². The van der Waals surface area contributed by atoms with Gasteiger partial charge in [0.25, 0.3) is 0 Å². The Labute approximate surface area is 67.1 Å². The van der Waals surface area contributed by atoms with Crippen molar-refractivity contribution in [2.24, 2.45) is 5.73 Å². The Bertz CT molecular complexity index is 197. The van der Waals surface area contributed by atoms with Crippen molar-refractivity contribution < 1.29 is 18.0 Å². The van der Waals surface area contributed by atoms with E-state index in [2.05, 4.69) is 0 Å². The van der Waals surface area contributed by atoms with Gasteiger partial charge >= 0.3 is 6.18 Å². The average molecular weight is 182 g/mol. The van der Waals surface area contributed by atoms with Crippen molar-refractivity contribution in [2.45, 2.75) is 24.6 Å². The summed E-state index contributed by atoms with van der Waals surface area (Å²) < 4.78 is 36.4. The predicted molar refractivity (Wildman–Crippen MR) is 35.2 cm³/mol. The number of amides is 1. The van der Waals surface area contributed by atoms with Gasteiger partial charge in [0.15, 0.2) is 0 Å². The normalized spacial score (nSPS) is 20.3. The van der Waals surface area contributed by atoms with Crippen molar-refractivity contribution in [1.82, 2.24) is 5.32 Å². The summed E-state index contributed by atoms with van der Waals surface area (Å²) in [5.74, 6) is -0.759. The van der Waals surface area contributed by atoms with E-state index in [0.717, 1.165) is 0 Å². The third-order valence-corrected chi connectivity index (χ3v) is 1.86. The Morgan fingerprint density at radius 2 is 2.00 bits per heavy atom. The summed E-state index contributed by atoms with van der Waals surface area (Å²) in [7, 11) is 0. The number of nitrogens with two attached hydrogens (primary N) is 1. The zero-order chi connectivity index (χ0) is 9.41. The van der Waals surface area contributed by atoms with E-state index < -0.39 is 24.2 Å². The molecule has 0 heterocycles. The third-order valence-electron chi connectivity index (χ3n) is 1.86. The highest BCUT2D eigenvalue weighted by molar-refractivity contribution is 5.79. The lowest BCUT2D eigenvalue weighted by molar-refractivity contribution is -0.170. The van der Waals surface area contributed by atoms with Crippen molar-refractivity contribution in [3.8, 4) is 0 Å². The molecule has 1 fully saturated rings. The summed E-state index contributed by atoms with van der Waals surface area (Å²) in [6.45, 7) is -0.405. The molecule has 0 saturated heterocycles. The van der Waals surface area contributed by atoms with Gasteiger partial charge in [0.05, 0.1) is 6.54 Å². The lowest BCUT2D eigenvalue weighted by Gasteiger charge is -2.19. The topological polar surface area (TPSA) is 55.1 Å². The fourth-order valence-electron chi connectivity index (χ4n) is 0.922. The molecule has 1 rings (SSSR count). The lowest BCUT2D eigenvalue weighted by Crippen LogP contribution is -2.49. The van der Waals surface area contributed by atoms with Crippen LogP contribution in [0.25, 0.3) is 0 Å². The van der Waals surface area contributed by atoms with E-state index >= 15 is 0 Å². The van der Waals surface area contributed by atoms with Crippen LogP contribution in [0.5, 0.6) is 0 Å². The van der Waals surface area contributed by atoms with Gasteiger partial charge < -0.3 is 11.1 Å². The summed E-state index contributed by atoms with van der Waals surface area (Å²) >= 11 is 0. The molecular weight excluding hydrogens is 173 g/mol. The Hall–Kier alpha value is -0.780. The van der Waals surface area contributed by atoms with E-state index in [0.29, 0.717) is 0 Å². The smallest absolute Gasteiger partial charge is 0.341 e. The van der Waals surface area contributed by atoms with Crippen molar-refractivity contribution in [3.63, 3.8) is 0 Å². The first kappa shape index (κ1) is 9.31. The maximum atomic E-state index is 12.1. The van der Waals surface area contributed by atoms with Gasteiger partial charge in [-0.25, -0.2) is 0 Å². The molecule has 6 heteroatoms. The number of nitrogens with one attached hydrogen (secondary N) is 1. The molecule has 0 aromatic heterocycles. The fraction of sp³-hybridized carbons (Fsp3) is 0.833. The molecule has 3 nitrogen and oxygen atoms in total. The minimum Gasteiger partial charge on any atom is -0.341 e. The maximum Gasteiger partial charge on any atom is 0.411 e. The first-order valence-electron chi connectivity index (χ1n) is 3.49. The molecule has 0 radical (unpaired) electrons. The number of halogens is 3. The number of hydrogen-bond acceptors (Lipinski definition) is 2. The standard InChI is InChI=1S/C6H9F3N2O/c7-6(8,9)5(1-2-5)11-4(12)3-10/h1-3,10H2,(H,11,12). The Morgan fingerprint density at radius 1 is 1.50 bits per heavy atom. The molecule has 0 bridgehead atoms. The molecule has 1 aliphatic carbocycles. The molecule has 0 aromatic rings. The zero-order valence-electron chi connectivity index (χ0n) is 6.24. The molecule has 1 amide bonds. The van der Waals surface area contributed by atoms with Gasteiger partial charge in [0.1, 0.15) is 5.54 Å². The fourth-order valence-corrected chi connectivity index (χ4v) is 0.922. The van der Waals surface area contributed by atoms with Crippen LogP contribution in [0.4, 0.5) is 13.2 Å². The molecule has 3 N–H and O–H groups in total. The molecule has 0 spiro atoms. The highest BCUT2D eigenvalue weighted by Crippen LogP contribution is 2.48. The molecular formula is C6H9F3N2O. The molecule has 70 valence electrons. The second kappa shape index (κ2) is 2.62. The molecule has 12 heavy (non-hydrogen) atoms. The SMILES string of the molecule is NCC(=O)NC1(C(F)(F)F)CC1. The summed E-state index contributed by atoms with van der Waals surface area (Å²) in [5.41, 5.74) is 2.90. The minimum atomic E-state index is -4.35. The van der Waals surface area contributed by atoms with E-state index in [9.17, 15) is 18.0 Å². The van der Waals surface area contributed by atoms with Crippen LogP contribution in [0.2, 0.25) is 0 Å². The van der Waals surface area contributed by atoms with Crippen LogP contribution in [0.15, 0.2) is 0 Å². The van der Waals surface area contributed by atoms with E-state index in [1.807, 2.05) is 5.32 Å². The van der Waals surface area contributed by atoms with Crippen LogP contribution in [0, 0.1) is 0 Å². The number of carbonyl (C=O) groups is 1. The second-order valence-electron chi connectivity index (χ2n) is 2.83. The first-order valence-corrected chi connectivity index (χ1v) is 3.49. The maximum absolute atomic E-state index is 12.1. The average Bonchev–Trinajstić information content (AvgIpc) is 2.67. The van der Waals surface area contributed by atoms with Gasteiger partial charge in [0.2, 0.25) is 5.91 Å². The largest absolute Gasteiger partial charge is 0.411 e. The summed E-state index contributed by atoms with van der Waals surface area (Å²) in [4.78, 5) is 10.6.